The molecule has 1 aliphatic heterocycles. The monoisotopic (exact) mass is 222 g/mol. The Morgan fingerprint density at radius 1 is 1.31 bits per heavy atom. The first kappa shape index (κ1) is 10.9. The first-order valence-electron chi connectivity index (χ1n) is 4.92. The van der Waals surface area contributed by atoms with Gasteiger partial charge in [-0.05, 0) is 18.2 Å². The molecule has 0 radical (unpaired) electrons. The topological polar surface area (TPSA) is 67.5 Å². The Morgan fingerprint density at radius 2 is 1.94 bits per heavy atom. The zero-order valence-corrected chi connectivity index (χ0v) is 8.47. The minimum atomic E-state index is -0.823. The largest absolute Gasteiger partial charge is 0.389 e. The third-order valence-corrected chi connectivity index (χ3v) is 2.68. The predicted octanol–water partition coefficient (Wildman–Crippen LogP) is 0.239. The third kappa shape index (κ3) is 1.85. The maximum absolute atomic E-state index is 12.9. The zero-order chi connectivity index (χ0) is 11.7. The molecule has 5 heteroatoms. The van der Waals surface area contributed by atoms with Crippen molar-refractivity contribution >= 4 is 5.69 Å². The van der Waals surface area contributed by atoms with E-state index in [1.165, 1.54) is 12.1 Å². The van der Waals surface area contributed by atoms with Gasteiger partial charge in [-0.2, -0.15) is 5.26 Å². The highest BCUT2D eigenvalue weighted by Crippen LogP contribution is 2.25. The minimum Gasteiger partial charge on any atom is -0.389 e. The van der Waals surface area contributed by atoms with Crippen LogP contribution in [0.1, 0.15) is 5.56 Å². The number of hydrogen-bond donors (Lipinski definition) is 2. The van der Waals surface area contributed by atoms with Gasteiger partial charge in [0.15, 0.2) is 0 Å². The van der Waals surface area contributed by atoms with Crippen molar-refractivity contribution in [3.63, 3.8) is 0 Å². The molecule has 4 nitrogen and oxygen atoms in total. The quantitative estimate of drug-likeness (QED) is 0.714. The Hall–Kier alpha value is -1.64. The average molecular weight is 222 g/mol. The van der Waals surface area contributed by atoms with Crippen molar-refractivity contribution in [2.24, 2.45) is 0 Å². The van der Waals surface area contributed by atoms with E-state index in [9.17, 15) is 14.6 Å². The second-order valence-corrected chi connectivity index (χ2v) is 3.81. The molecule has 84 valence electrons. The lowest BCUT2D eigenvalue weighted by molar-refractivity contribution is 0.0572. The lowest BCUT2D eigenvalue weighted by Gasteiger charge is -2.18. The first-order valence-corrected chi connectivity index (χ1v) is 4.92. The first-order chi connectivity index (χ1) is 7.61. The van der Waals surface area contributed by atoms with Crippen molar-refractivity contribution < 1.29 is 14.6 Å². The van der Waals surface area contributed by atoms with Gasteiger partial charge in [-0.3, -0.25) is 0 Å². The molecule has 0 aliphatic carbocycles. The van der Waals surface area contributed by atoms with E-state index in [1.807, 2.05) is 6.07 Å². The fourth-order valence-electron chi connectivity index (χ4n) is 1.84. The highest BCUT2D eigenvalue weighted by molar-refractivity contribution is 5.60. The Morgan fingerprint density at radius 3 is 2.50 bits per heavy atom. The minimum absolute atomic E-state index is 0.210. The van der Waals surface area contributed by atoms with Crippen molar-refractivity contribution in [3.8, 4) is 6.07 Å². The number of nitrogens with zero attached hydrogens (tertiary/aromatic N) is 2. The summed E-state index contributed by atoms with van der Waals surface area (Å²) in [5, 5.41) is 27.7. The van der Waals surface area contributed by atoms with Crippen molar-refractivity contribution in [3.05, 3.63) is 29.6 Å². The van der Waals surface area contributed by atoms with Gasteiger partial charge in [0.25, 0.3) is 0 Å². The summed E-state index contributed by atoms with van der Waals surface area (Å²) in [4.78, 5) is 1.67. The second kappa shape index (κ2) is 4.08. The molecule has 16 heavy (non-hydrogen) atoms. The van der Waals surface area contributed by atoms with Gasteiger partial charge in [0.05, 0.1) is 23.5 Å². The molecule has 2 atom stereocenters. The van der Waals surface area contributed by atoms with Crippen molar-refractivity contribution in [2.75, 3.05) is 18.0 Å². The van der Waals surface area contributed by atoms with Crippen LogP contribution in [0.2, 0.25) is 0 Å². The van der Waals surface area contributed by atoms with E-state index in [4.69, 9.17) is 5.26 Å². The summed E-state index contributed by atoms with van der Waals surface area (Å²) < 4.78 is 12.9. The smallest absolute Gasteiger partial charge is 0.124 e. The van der Waals surface area contributed by atoms with E-state index in [0.29, 0.717) is 5.69 Å². The lowest BCUT2D eigenvalue weighted by Crippen LogP contribution is -2.22. The summed E-state index contributed by atoms with van der Waals surface area (Å²) >= 11 is 0. The van der Waals surface area contributed by atoms with Crippen molar-refractivity contribution in [1.82, 2.24) is 0 Å². The molecule has 1 aliphatic rings. The zero-order valence-electron chi connectivity index (χ0n) is 8.47. The van der Waals surface area contributed by atoms with Gasteiger partial charge in [-0.15, -0.1) is 0 Å². The van der Waals surface area contributed by atoms with Crippen LogP contribution in [0.5, 0.6) is 0 Å². The van der Waals surface area contributed by atoms with Crippen molar-refractivity contribution in [1.29, 1.82) is 5.26 Å². The number of benzene rings is 1. The molecule has 0 bridgehead atoms. The standard InChI is InChI=1S/C11H11FN2O2/c12-8-1-2-9(7(3-8)4-13)14-5-10(15)11(16)6-14/h1-3,10-11,15-16H,5-6H2. The van der Waals surface area contributed by atoms with Gasteiger partial charge >= 0.3 is 0 Å². The van der Waals surface area contributed by atoms with E-state index in [2.05, 4.69) is 0 Å². The molecule has 1 heterocycles. The Labute approximate surface area is 92.2 Å². The Balaban J connectivity index is 2.32. The van der Waals surface area contributed by atoms with Crippen LogP contribution in [0.25, 0.3) is 0 Å². The summed E-state index contributed by atoms with van der Waals surface area (Å²) in [6.07, 6.45) is -1.65. The van der Waals surface area contributed by atoms with Crippen LogP contribution in [-0.2, 0) is 0 Å². The normalized spacial score (nSPS) is 24.5. The van der Waals surface area contributed by atoms with Crippen LogP contribution >= 0.6 is 0 Å². The summed E-state index contributed by atoms with van der Waals surface area (Å²) in [6.45, 7) is 0.503. The van der Waals surface area contributed by atoms with Crippen molar-refractivity contribution in [2.45, 2.75) is 12.2 Å². The summed E-state index contributed by atoms with van der Waals surface area (Å²) in [5.41, 5.74) is 0.751. The number of β-amino-alcohol motifs (C(OH)–C–C–N with tert-alkyl or cyclic N) is 2. The molecule has 0 spiro atoms. The van der Waals surface area contributed by atoms with Crippen LogP contribution in [-0.4, -0.2) is 35.5 Å². The molecule has 0 saturated carbocycles. The highest BCUT2D eigenvalue weighted by Gasteiger charge is 2.30. The Bertz CT molecular complexity index is 434. The number of aliphatic hydroxyl groups is 2. The molecular formula is C11H11FN2O2. The maximum Gasteiger partial charge on any atom is 0.124 e. The molecule has 1 aromatic rings. The van der Waals surface area contributed by atoms with Gasteiger partial charge in [0.2, 0.25) is 0 Å². The molecule has 1 fully saturated rings. The van der Waals surface area contributed by atoms with Crippen LogP contribution in [0, 0.1) is 17.1 Å². The molecular weight excluding hydrogens is 211 g/mol. The van der Waals surface area contributed by atoms with E-state index >= 15 is 0 Å². The van der Waals surface area contributed by atoms with Gasteiger partial charge in [-0.1, -0.05) is 0 Å². The van der Waals surface area contributed by atoms with Crippen LogP contribution in [0.3, 0.4) is 0 Å². The molecule has 0 amide bonds. The average Bonchev–Trinajstić information content (AvgIpc) is 2.59. The number of anilines is 1. The van der Waals surface area contributed by atoms with Crippen LogP contribution in [0.15, 0.2) is 18.2 Å². The number of hydrogen-bond acceptors (Lipinski definition) is 4. The maximum atomic E-state index is 12.9. The molecule has 2 rings (SSSR count). The van der Waals surface area contributed by atoms with Gasteiger partial charge in [-0.25, -0.2) is 4.39 Å². The highest BCUT2D eigenvalue weighted by atomic mass is 19.1. The van der Waals surface area contributed by atoms with Crippen LogP contribution < -0.4 is 4.90 Å². The molecule has 1 aromatic carbocycles. The summed E-state index contributed by atoms with van der Waals surface area (Å²) in [5.74, 6) is -0.472. The van der Waals surface area contributed by atoms with E-state index in [1.54, 1.807) is 4.90 Å². The van der Waals surface area contributed by atoms with Gasteiger partial charge < -0.3 is 15.1 Å². The summed E-state index contributed by atoms with van der Waals surface area (Å²) in [6, 6.07) is 5.79. The molecule has 1 saturated heterocycles. The molecule has 2 unspecified atom stereocenters. The molecule has 0 aromatic heterocycles. The number of aliphatic hydroxyl groups excluding tert-OH is 2. The van der Waals surface area contributed by atoms with E-state index in [0.717, 1.165) is 6.07 Å². The lowest BCUT2D eigenvalue weighted by atomic mass is 10.1. The van der Waals surface area contributed by atoms with E-state index < -0.39 is 18.0 Å². The number of nitriles is 1. The SMILES string of the molecule is N#Cc1cc(F)ccc1N1CC(O)C(O)C1. The van der Waals surface area contributed by atoms with Gasteiger partial charge in [0, 0.05) is 13.1 Å². The fourth-order valence-corrected chi connectivity index (χ4v) is 1.84. The fraction of sp³-hybridized carbons (Fsp3) is 0.364. The number of halogens is 1. The van der Waals surface area contributed by atoms with Gasteiger partial charge in [0.1, 0.15) is 11.9 Å². The number of rotatable bonds is 1. The third-order valence-electron chi connectivity index (χ3n) is 2.68. The predicted molar refractivity (Wildman–Crippen MR) is 55.3 cm³/mol. The van der Waals surface area contributed by atoms with E-state index in [-0.39, 0.29) is 18.7 Å². The Kier molecular flexibility index (Phi) is 2.77. The summed E-state index contributed by atoms with van der Waals surface area (Å²) in [7, 11) is 0. The molecule has 2 N–H and O–H groups in total. The van der Waals surface area contributed by atoms with Crippen LogP contribution in [0.4, 0.5) is 10.1 Å². The second-order valence-electron chi connectivity index (χ2n) is 3.81.